The van der Waals surface area contributed by atoms with Crippen LogP contribution in [0.1, 0.15) is 37.7 Å². The molecule has 0 unspecified atom stereocenters. The summed E-state index contributed by atoms with van der Waals surface area (Å²) in [7, 11) is 0. The van der Waals surface area contributed by atoms with Gasteiger partial charge >= 0.3 is 0 Å². The van der Waals surface area contributed by atoms with Gasteiger partial charge in [-0.25, -0.2) is 0 Å². The summed E-state index contributed by atoms with van der Waals surface area (Å²) in [6.45, 7) is 0. The van der Waals surface area contributed by atoms with Crippen LogP contribution < -0.4 is 5.32 Å². The van der Waals surface area contributed by atoms with Crippen LogP contribution in [0.25, 0.3) is 0 Å². The van der Waals surface area contributed by atoms with E-state index in [0.717, 1.165) is 17.4 Å². The Morgan fingerprint density at radius 1 is 1.22 bits per heavy atom. The molecule has 0 aromatic heterocycles. The molecule has 98 valence electrons. The molecule has 0 saturated heterocycles. The summed E-state index contributed by atoms with van der Waals surface area (Å²) in [5.41, 5.74) is 2.21. The number of hydrogen-bond donors (Lipinski definition) is 1. The molecule has 0 aliphatic heterocycles. The zero-order valence-corrected chi connectivity index (χ0v) is 12.2. The van der Waals surface area contributed by atoms with E-state index in [-0.39, 0.29) is 5.91 Å². The number of hydrogen-bond acceptors (Lipinski definition) is 1. The minimum absolute atomic E-state index is 0.162. The second kappa shape index (κ2) is 6.93. The molecule has 1 aliphatic carbocycles. The summed E-state index contributed by atoms with van der Waals surface area (Å²) in [6, 6.07) is 8.13. The van der Waals surface area contributed by atoms with Gasteiger partial charge in [0.1, 0.15) is 0 Å². The molecule has 0 heterocycles. The molecular weight excluding hydrogens is 290 g/mol. The van der Waals surface area contributed by atoms with Crippen LogP contribution in [0.15, 0.2) is 24.3 Å². The van der Waals surface area contributed by atoms with Crippen LogP contribution in [0.2, 0.25) is 0 Å². The number of alkyl halides is 1. The van der Waals surface area contributed by atoms with Crippen molar-refractivity contribution in [2.45, 2.75) is 38.5 Å². The minimum atomic E-state index is 0.162. The Labute approximate surface area is 117 Å². The summed E-state index contributed by atoms with van der Waals surface area (Å²) >= 11 is 3.42. The van der Waals surface area contributed by atoms with Crippen molar-refractivity contribution in [3.63, 3.8) is 0 Å². The van der Waals surface area contributed by atoms with Crippen molar-refractivity contribution in [3.8, 4) is 0 Å². The maximum atomic E-state index is 11.9. The number of aryl methyl sites for hydroxylation is 1. The summed E-state index contributed by atoms with van der Waals surface area (Å²) < 4.78 is 0. The van der Waals surface area contributed by atoms with Crippen LogP contribution in [0.5, 0.6) is 0 Å². The maximum absolute atomic E-state index is 11.9. The fraction of sp³-hybridized carbons (Fsp3) is 0.533. The lowest BCUT2D eigenvalue weighted by molar-refractivity contribution is -0.117. The number of carbonyl (C=O) groups is 1. The third-order valence-corrected chi connectivity index (χ3v) is 3.97. The van der Waals surface area contributed by atoms with Crippen LogP contribution in [-0.4, -0.2) is 11.2 Å². The van der Waals surface area contributed by atoms with E-state index in [1.165, 1.54) is 31.2 Å². The summed E-state index contributed by atoms with van der Waals surface area (Å²) in [6.07, 6.45) is 6.73. The average molecular weight is 310 g/mol. The summed E-state index contributed by atoms with van der Waals surface area (Å²) in [5, 5.41) is 3.96. The fourth-order valence-corrected chi connectivity index (χ4v) is 3.01. The second-order valence-corrected chi connectivity index (χ2v) is 5.83. The number of rotatable bonds is 5. The fourth-order valence-electron chi connectivity index (χ4n) is 2.55. The molecule has 1 saturated carbocycles. The Kier molecular flexibility index (Phi) is 5.24. The Balaban J connectivity index is 1.82. The quantitative estimate of drug-likeness (QED) is 0.814. The zero-order valence-electron chi connectivity index (χ0n) is 10.6. The van der Waals surface area contributed by atoms with E-state index < -0.39 is 0 Å². The lowest BCUT2D eigenvalue weighted by Crippen LogP contribution is -2.15. The Hall–Kier alpha value is -0.830. The third kappa shape index (κ3) is 4.13. The zero-order chi connectivity index (χ0) is 12.8. The van der Waals surface area contributed by atoms with Crippen LogP contribution in [0.4, 0.5) is 5.69 Å². The van der Waals surface area contributed by atoms with E-state index in [1.807, 2.05) is 12.1 Å². The highest BCUT2D eigenvalue weighted by molar-refractivity contribution is 9.09. The van der Waals surface area contributed by atoms with Gasteiger partial charge in [-0.3, -0.25) is 4.79 Å². The van der Waals surface area contributed by atoms with E-state index in [0.29, 0.717) is 12.3 Å². The third-order valence-electron chi connectivity index (χ3n) is 3.57. The molecule has 1 N–H and O–H groups in total. The number of benzene rings is 1. The molecule has 0 radical (unpaired) electrons. The van der Waals surface area contributed by atoms with Crippen molar-refractivity contribution in [1.82, 2.24) is 0 Å². The van der Waals surface area contributed by atoms with E-state index in [1.54, 1.807) is 0 Å². The Morgan fingerprint density at radius 3 is 2.50 bits per heavy atom. The van der Waals surface area contributed by atoms with E-state index in [9.17, 15) is 4.79 Å². The van der Waals surface area contributed by atoms with Gasteiger partial charge in [0.15, 0.2) is 0 Å². The van der Waals surface area contributed by atoms with Crippen molar-refractivity contribution < 1.29 is 4.79 Å². The molecule has 0 spiro atoms. The van der Waals surface area contributed by atoms with Gasteiger partial charge in [0.05, 0.1) is 0 Å². The molecule has 2 rings (SSSR count). The minimum Gasteiger partial charge on any atom is -0.326 e. The molecule has 1 aliphatic rings. The first kappa shape index (κ1) is 13.6. The SMILES string of the molecule is O=C(CC1CCCC1)Nc1ccc(CCBr)cc1. The van der Waals surface area contributed by atoms with Gasteiger partial charge in [0, 0.05) is 17.4 Å². The van der Waals surface area contributed by atoms with Crippen molar-refractivity contribution in [1.29, 1.82) is 0 Å². The van der Waals surface area contributed by atoms with Crippen LogP contribution in [-0.2, 0) is 11.2 Å². The standard InChI is InChI=1S/C15H20BrNO/c16-10-9-12-5-7-14(8-6-12)17-15(18)11-13-3-1-2-4-13/h5-8,13H,1-4,9-11H2,(H,17,18). The highest BCUT2D eigenvalue weighted by Crippen LogP contribution is 2.27. The first-order valence-electron chi connectivity index (χ1n) is 6.72. The summed E-state index contributed by atoms with van der Waals surface area (Å²) in [4.78, 5) is 11.9. The molecule has 3 heteroatoms. The molecule has 1 aromatic rings. The normalized spacial score (nSPS) is 15.8. The van der Waals surface area contributed by atoms with Crippen molar-refractivity contribution >= 4 is 27.5 Å². The molecule has 1 aromatic carbocycles. The molecule has 2 nitrogen and oxygen atoms in total. The lowest BCUT2D eigenvalue weighted by Gasteiger charge is -2.10. The monoisotopic (exact) mass is 309 g/mol. The number of halogens is 1. The van der Waals surface area contributed by atoms with Gasteiger partial charge in [0.25, 0.3) is 0 Å². The molecular formula is C15H20BrNO. The predicted molar refractivity (Wildman–Crippen MR) is 79.1 cm³/mol. The number of nitrogens with one attached hydrogen (secondary N) is 1. The first-order chi connectivity index (χ1) is 8.78. The Morgan fingerprint density at radius 2 is 1.89 bits per heavy atom. The highest BCUT2D eigenvalue weighted by atomic mass is 79.9. The molecule has 1 amide bonds. The van der Waals surface area contributed by atoms with Gasteiger partial charge in [-0.1, -0.05) is 40.9 Å². The van der Waals surface area contributed by atoms with E-state index >= 15 is 0 Å². The van der Waals surface area contributed by atoms with Crippen LogP contribution in [0.3, 0.4) is 0 Å². The van der Waals surface area contributed by atoms with E-state index in [2.05, 4.69) is 33.4 Å². The van der Waals surface area contributed by atoms with Crippen molar-refractivity contribution in [2.75, 3.05) is 10.6 Å². The molecule has 0 bridgehead atoms. The molecule has 1 fully saturated rings. The van der Waals surface area contributed by atoms with Crippen molar-refractivity contribution in [2.24, 2.45) is 5.92 Å². The average Bonchev–Trinajstić information content (AvgIpc) is 2.84. The Bertz CT molecular complexity index is 382. The predicted octanol–water partition coefficient (Wildman–Crippen LogP) is 4.14. The van der Waals surface area contributed by atoms with Gasteiger partial charge < -0.3 is 5.32 Å². The topological polar surface area (TPSA) is 29.1 Å². The van der Waals surface area contributed by atoms with Crippen LogP contribution >= 0.6 is 15.9 Å². The van der Waals surface area contributed by atoms with Gasteiger partial charge in [-0.2, -0.15) is 0 Å². The maximum Gasteiger partial charge on any atom is 0.224 e. The molecule has 0 atom stereocenters. The van der Waals surface area contributed by atoms with Gasteiger partial charge in [-0.05, 0) is 42.9 Å². The van der Waals surface area contributed by atoms with Gasteiger partial charge in [0.2, 0.25) is 5.91 Å². The van der Waals surface area contributed by atoms with Gasteiger partial charge in [-0.15, -0.1) is 0 Å². The van der Waals surface area contributed by atoms with Crippen LogP contribution in [0, 0.1) is 5.92 Å². The van der Waals surface area contributed by atoms with Crippen molar-refractivity contribution in [3.05, 3.63) is 29.8 Å². The number of anilines is 1. The largest absolute Gasteiger partial charge is 0.326 e. The first-order valence-corrected chi connectivity index (χ1v) is 7.85. The number of carbonyl (C=O) groups excluding carboxylic acids is 1. The second-order valence-electron chi connectivity index (χ2n) is 5.04. The van der Waals surface area contributed by atoms with E-state index in [4.69, 9.17) is 0 Å². The smallest absolute Gasteiger partial charge is 0.224 e. The highest BCUT2D eigenvalue weighted by Gasteiger charge is 2.18. The number of amides is 1. The lowest BCUT2D eigenvalue weighted by atomic mass is 10.0. The molecule has 18 heavy (non-hydrogen) atoms. The summed E-state index contributed by atoms with van der Waals surface area (Å²) in [5.74, 6) is 0.771.